The van der Waals surface area contributed by atoms with E-state index >= 15 is 0 Å². The van der Waals surface area contributed by atoms with E-state index in [1.165, 1.54) is 53.6 Å². The molecule has 3 heterocycles. The van der Waals surface area contributed by atoms with E-state index in [2.05, 4.69) is 168 Å². The van der Waals surface area contributed by atoms with Crippen molar-refractivity contribution in [3.63, 3.8) is 0 Å². The van der Waals surface area contributed by atoms with Crippen molar-refractivity contribution in [1.82, 2.24) is 4.57 Å². The van der Waals surface area contributed by atoms with Gasteiger partial charge in [-0.05, 0) is 70.3 Å². The van der Waals surface area contributed by atoms with Crippen molar-refractivity contribution in [3.05, 3.63) is 164 Å². The summed E-state index contributed by atoms with van der Waals surface area (Å²) in [7, 11) is 0. The number of para-hydroxylation sites is 2. The van der Waals surface area contributed by atoms with Crippen LogP contribution in [-0.2, 0) is 0 Å². The normalized spacial score (nSPS) is 11.8. The van der Waals surface area contributed by atoms with Crippen LogP contribution in [0.3, 0.4) is 0 Å². The highest BCUT2D eigenvalue weighted by molar-refractivity contribution is 7.26. The molecule has 0 N–H and O–H groups in total. The van der Waals surface area contributed by atoms with Crippen molar-refractivity contribution in [1.29, 1.82) is 0 Å². The SMILES string of the molecule is c1ccc(-c2ccc3sc4c(-c5ccccc5-c5cccc6oc7c8ccccc8n(-c8ccccc8)c7c56)cccc4c3c2)cc1. The minimum absolute atomic E-state index is 0.895. The zero-order chi connectivity index (χ0) is 30.9. The summed E-state index contributed by atoms with van der Waals surface area (Å²) >= 11 is 1.88. The Hall–Kier alpha value is -5.90. The molecule has 220 valence electrons. The number of hydrogen-bond donors (Lipinski definition) is 0. The summed E-state index contributed by atoms with van der Waals surface area (Å²) in [6.45, 7) is 0. The van der Waals surface area contributed by atoms with E-state index in [4.69, 9.17) is 4.42 Å². The third-order valence-corrected chi connectivity index (χ3v) is 10.6. The summed E-state index contributed by atoms with van der Waals surface area (Å²) in [5.74, 6) is 0. The highest BCUT2D eigenvalue weighted by atomic mass is 32.1. The van der Waals surface area contributed by atoms with E-state index in [9.17, 15) is 0 Å². The summed E-state index contributed by atoms with van der Waals surface area (Å²) in [6, 6.07) is 58.8. The second-order valence-electron chi connectivity index (χ2n) is 12.1. The lowest BCUT2D eigenvalue weighted by atomic mass is 9.92. The van der Waals surface area contributed by atoms with Crippen molar-refractivity contribution < 1.29 is 4.42 Å². The van der Waals surface area contributed by atoms with Crippen LogP contribution in [0.15, 0.2) is 168 Å². The van der Waals surface area contributed by atoms with E-state index in [0.29, 0.717) is 0 Å². The van der Waals surface area contributed by atoms with Crippen LogP contribution in [0.4, 0.5) is 0 Å². The largest absolute Gasteiger partial charge is 0.454 e. The van der Waals surface area contributed by atoms with Gasteiger partial charge in [0, 0.05) is 36.8 Å². The van der Waals surface area contributed by atoms with Crippen molar-refractivity contribution in [2.24, 2.45) is 0 Å². The Labute approximate surface area is 275 Å². The Balaban J connectivity index is 1.24. The van der Waals surface area contributed by atoms with Gasteiger partial charge in [0.25, 0.3) is 0 Å². The first-order valence-corrected chi connectivity index (χ1v) is 16.8. The first-order valence-electron chi connectivity index (χ1n) is 15.9. The molecule has 3 heteroatoms. The highest BCUT2D eigenvalue weighted by Crippen LogP contribution is 2.47. The molecule has 0 spiro atoms. The molecule has 0 fully saturated rings. The quantitative estimate of drug-likeness (QED) is 0.192. The van der Waals surface area contributed by atoms with E-state index in [1.54, 1.807) is 0 Å². The molecule has 0 bridgehead atoms. The predicted octanol–water partition coefficient (Wildman–Crippen LogP) is 12.9. The van der Waals surface area contributed by atoms with Crippen LogP contribution < -0.4 is 0 Å². The topological polar surface area (TPSA) is 18.1 Å². The number of hydrogen-bond acceptors (Lipinski definition) is 2. The van der Waals surface area contributed by atoms with Crippen LogP contribution in [0.1, 0.15) is 0 Å². The fourth-order valence-electron chi connectivity index (χ4n) is 7.35. The minimum Gasteiger partial charge on any atom is -0.454 e. The fourth-order valence-corrected chi connectivity index (χ4v) is 8.56. The predicted molar refractivity (Wildman–Crippen MR) is 200 cm³/mol. The number of fused-ring (bicyclic) bond motifs is 8. The van der Waals surface area contributed by atoms with Gasteiger partial charge >= 0.3 is 0 Å². The number of rotatable bonds is 4. The van der Waals surface area contributed by atoms with Gasteiger partial charge in [0.05, 0.1) is 10.9 Å². The summed E-state index contributed by atoms with van der Waals surface area (Å²) in [4.78, 5) is 0. The van der Waals surface area contributed by atoms with E-state index in [-0.39, 0.29) is 0 Å². The van der Waals surface area contributed by atoms with Crippen LogP contribution in [-0.4, -0.2) is 4.57 Å². The van der Waals surface area contributed by atoms with Gasteiger partial charge in [0.2, 0.25) is 0 Å². The lowest BCUT2D eigenvalue weighted by molar-refractivity contribution is 0.673. The molecule has 7 aromatic carbocycles. The second kappa shape index (κ2) is 10.3. The van der Waals surface area contributed by atoms with Crippen LogP contribution in [0.25, 0.3) is 92.2 Å². The Kier molecular flexibility index (Phi) is 5.78. The molecule has 0 amide bonds. The lowest BCUT2D eigenvalue weighted by Gasteiger charge is -2.13. The van der Waals surface area contributed by atoms with Gasteiger partial charge in [-0.25, -0.2) is 0 Å². The molecule has 0 saturated carbocycles. The molecule has 0 saturated heterocycles. The molecule has 10 rings (SSSR count). The van der Waals surface area contributed by atoms with Crippen molar-refractivity contribution in [2.45, 2.75) is 0 Å². The number of thiophene rings is 1. The highest BCUT2D eigenvalue weighted by Gasteiger charge is 2.23. The van der Waals surface area contributed by atoms with Gasteiger partial charge in [-0.15, -0.1) is 11.3 Å². The summed E-state index contributed by atoms with van der Waals surface area (Å²) in [5, 5.41) is 4.85. The smallest absolute Gasteiger partial charge is 0.161 e. The maximum Gasteiger partial charge on any atom is 0.161 e. The van der Waals surface area contributed by atoms with Crippen LogP contribution in [0.2, 0.25) is 0 Å². The van der Waals surface area contributed by atoms with Gasteiger partial charge in [-0.3, -0.25) is 0 Å². The average molecular weight is 618 g/mol. The Bertz CT molecular complexity index is 2780. The molecular weight excluding hydrogens is 591 g/mol. The molecule has 0 aliphatic carbocycles. The van der Waals surface area contributed by atoms with Crippen LogP contribution >= 0.6 is 11.3 Å². The van der Waals surface area contributed by atoms with Gasteiger partial charge in [0.15, 0.2) is 5.58 Å². The monoisotopic (exact) mass is 617 g/mol. The summed E-state index contributed by atoms with van der Waals surface area (Å²) in [5.41, 5.74) is 12.5. The Morgan fingerprint density at radius 2 is 1.13 bits per heavy atom. The molecule has 10 aromatic rings. The standard InChI is InChI=1S/C44H27NOS/c1-3-13-28(14-4-1)29-25-26-40-37(27-29)35-22-11-21-34(44(35)47-40)32-18-8-7-17-31(32)33-20-12-24-39-41(33)42-43(46-39)36-19-9-10-23-38(36)45(42)30-15-5-2-6-16-30/h1-27H. The zero-order valence-corrected chi connectivity index (χ0v) is 26.2. The van der Waals surface area contributed by atoms with E-state index in [1.807, 2.05) is 11.3 Å². The maximum absolute atomic E-state index is 6.71. The van der Waals surface area contributed by atoms with E-state index < -0.39 is 0 Å². The molecule has 0 aliphatic rings. The first kappa shape index (κ1) is 26.3. The number of benzene rings is 7. The Morgan fingerprint density at radius 1 is 0.468 bits per heavy atom. The van der Waals surface area contributed by atoms with Crippen molar-refractivity contribution in [2.75, 3.05) is 0 Å². The zero-order valence-electron chi connectivity index (χ0n) is 25.4. The summed E-state index contributed by atoms with van der Waals surface area (Å²) in [6.07, 6.45) is 0. The average Bonchev–Trinajstić information content (AvgIpc) is 3.81. The lowest BCUT2D eigenvalue weighted by Crippen LogP contribution is -1.94. The van der Waals surface area contributed by atoms with Crippen LogP contribution in [0.5, 0.6) is 0 Å². The van der Waals surface area contributed by atoms with Crippen molar-refractivity contribution >= 4 is 64.5 Å². The molecule has 3 aromatic heterocycles. The van der Waals surface area contributed by atoms with Gasteiger partial charge in [-0.1, -0.05) is 121 Å². The third kappa shape index (κ3) is 3.97. The number of nitrogens with zero attached hydrogens (tertiary/aromatic N) is 1. The van der Waals surface area contributed by atoms with E-state index in [0.717, 1.165) is 38.7 Å². The second-order valence-corrected chi connectivity index (χ2v) is 13.1. The molecule has 0 aliphatic heterocycles. The molecule has 2 nitrogen and oxygen atoms in total. The fraction of sp³-hybridized carbons (Fsp3) is 0. The minimum atomic E-state index is 0.895. The molecule has 0 unspecified atom stereocenters. The number of aromatic nitrogens is 1. The van der Waals surface area contributed by atoms with Gasteiger partial charge in [0.1, 0.15) is 11.1 Å². The molecule has 0 radical (unpaired) electrons. The number of furan rings is 1. The summed E-state index contributed by atoms with van der Waals surface area (Å²) < 4.78 is 11.7. The molecule has 0 atom stereocenters. The molecular formula is C44H27NOS. The molecule has 47 heavy (non-hydrogen) atoms. The first-order chi connectivity index (χ1) is 23.3. The van der Waals surface area contributed by atoms with Crippen LogP contribution in [0, 0.1) is 0 Å². The third-order valence-electron chi connectivity index (χ3n) is 9.43. The van der Waals surface area contributed by atoms with Gasteiger partial charge < -0.3 is 8.98 Å². The van der Waals surface area contributed by atoms with Gasteiger partial charge in [-0.2, -0.15) is 0 Å². The maximum atomic E-state index is 6.71. The van der Waals surface area contributed by atoms with Crippen molar-refractivity contribution in [3.8, 4) is 39.1 Å². The Morgan fingerprint density at radius 3 is 1.98 bits per heavy atom.